The first-order chi connectivity index (χ1) is 10.3. The molecule has 0 bridgehead atoms. The van der Waals surface area contributed by atoms with E-state index in [1.54, 1.807) is 0 Å². The average molecular weight is 284 g/mol. The topological polar surface area (TPSA) is 38.5 Å². The van der Waals surface area contributed by atoms with Crippen LogP contribution >= 0.6 is 0 Å². The number of benzene rings is 1. The van der Waals surface area contributed by atoms with E-state index in [0.717, 1.165) is 49.9 Å². The molecule has 0 amide bonds. The van der Waals surface area contributed by atoms with E-state index >= 15 is 0 Å². The third-order valence-electron chi connectivity index (χ3n) is 4.48. The normalized spacial score (nSPS) is 21.3. The molecule has 0 atom stereocenters. The van der Waals surface area contributed by atoms with Crippen molar-refractivity contribution in [1.29, 1.82) is 0 Å². The Balaban J connectivity index is 1.46. The van der Waals surface area contributed by atoms with Crippen molar-refractivity contribution in [3.8, 4) is 11.3 Å². The third kappa shape index (κ3) is 2.87. The molecule has 0 N–H and O–H groups in total. The minimum absolute atomic E-state index is 0.433. The molecular weight excluding hydrogens is 264 g/mol. The van der Waals surface area contributed by atoms with Gasteiger partial charge in [0.25, 0.3) is 0 Å². The second kappa shape index (κ2) is 5.28. The van der Waals surface area contributed by atoms with Gasteiger partial charge in [0.2, 0.25) is 0 Å². The van der Waals surface area contributed by atoms with Crippen LogP contribution in [0.5, 0.6) is 0 Å². The van der Waals surface area contributed by atoms with Crippen molar-refractivity contribution in [2.24, 2.45) is 5.41 Å². The quantitative estimate of drug-likeness (QED) is 0.868. The predicted molar refractivity (Wildman–Crippen MR) is 79.7 cm³/mol. The Bertz CT molecular complexity index is 604. The van der Waals surface area contributed by atoms with Gasteiger partial charge in [-0.2, -0.15) is 0 Å². The molecule has 2 aromatic rings. The summed E-state index contributed by atoms with van der Waals surface area (Å²) in [4.78, 5) is 2.45. The first-order valence-corrected chi connectivity index (χ1v) is 7.64. The summed E-state index contributed by atoms with van der Waals surface area (Å²) in [5.74, 6) is 0.845. The SMILES string of the molecule is c1ccc(-c2cc(CN3CCOCC4(CC4)C3)no2)cc1. The molecule has 1 saturated heterocycles. The highest BCUT2D eigenvalue weighted by Gasteiger charge is 2.45. The van der Waals surface area contributed by atoms with Crippen LogP contribution in [-0.2, 0) is 11.3 Å². The van der Waals surface area contributed by atoms with Crippen LogP contribution < -0.4 is 0 Å². The van der Waals surface area contributed by atoms with Gasteiger partial charge in [-0.25, -0.2) is 0 Å². The molecule has 1 aliphatic carbocycles. The van der Waals surface area contributed by atoms with E-state index in [0.29, 0.717) is 5.41 Å². The summed E-state index contributed by atoms with van der Waals surface area (Å²) in [6, 6.07) is 12.2. The van der Waals surface area contributed by atoms with Crippen LogP contribution in [0, 0.1) is 5.41 Å². The molecule has 110 valence electrons. The van der Waals surface area contributed by atoms with Crippen molar-refractivity contribution < 1.29 is 9.26 Å². The Morgan fingerprint density at radius 3 is 2.86 bits per heavy atom. The van der Waals surface area contributed by atoms with Crippen molar-refractivity contribution in [2.45, 2.75) is 19.4 Å². The van der Waals surface area contributed by atoms with Gasteiger partial charge in [0.15, 0.2) is 5.76 Å². The molecular formula is C17H20N2O2. The van der Waals surface area contributed by atoms with Crippen molar-refractivity contribution in [3.63, 3.8) is 0 Å². The monoisotopic (exact) mass is 284 g/mol. The van der Waals surface area contributed by atoms with Crippen molar-refractivity contribution in [1.82, 2.24) is 10.1 Å². The standard InChI is InChI=1S/C17H20N2O2/c1-2-4-14(5-3-1)16-10-15(18-21-16)11-19-8-9-20-13-17(12-19)6-7-17/h1-5,10H,6-9,11-13H2. The number of ether oxygens (including phenoxy) is 1. The second-order valence-electron chi connectivity index (χ2n) is 6.31. The minimum Gasteiger partial charge on any atom is -0.379 e. The summed E-state index contributed by atoms with van der Waals surface area (Å²) in [5, 5.41) is 4.23. The number of hydrogen-bond acceptors (Lipinski definition) is 4. The molecule has 0 radical (unpaired) electrons. The van der Waals surface area contributed by atoms with Crippen molar-refractivity contribution in [3.05, 3.63) is 42.1 Å². The van der Waals surface area contributed by atoms with Gasteiger partial charge in [0, 0.05) is 36.7 Å². The van der Waals surface area contributed by atoms with Crippen LogP contribution in [0.15, 0.2) is 40.9 Å². The molecule has 1 aromatic heterocycles. The summed E-state index contributed by atoms with van der Waals surface area (Å²) >= 11 is 0. The van der Waals surface area contributed by atoms with Crippen LogP contribution in [0.25, 0.3) is 11.3 Å². The lowest BCUT2D eigenvalue weighted by Crippen LogP contribution is -2.30. The summed E-state index contributed by atoms with van der Waals surface area (Å²) < 4.78 is 11.2. The Morgan fingerprint density at radius 2 is 2.05 bits per heavy atom. The maximum absolute atomic E-state index is 5.73. The molecule has 21 heavy (non-hydrogen) atoms. The lowest BCUT2D eigenvalue weighted by Gasteiger charge is -2.21. The fourth-order valence-corrected chi connectivity index (χ4v) is 3.05. The molecule has 2 heterocycles. The zero-order chi connectivity index (χ0) is 14.1. The van der Waals surface area contributed by atoms with Gasteiger partial charge in [0.05, 0.1) is 18.9 Å². The van der Waals surface area contributed by atoms with Gasteiger partial charge in [-0.15, -0.1) is 0 Å². The van der Waals surface area contributed by atoms with Crippen LogP contribution in [0.1, 0.15) is 18.5 Å². The Morgan fingerprint density at radius 1 is 1.19 bits per heavy atom. The molecule has 1 aliphatic heterocycles. The Labute approximate surface area is 124 Å². The fourth-order valence-electron chi connectivity index (χ4n) is 3.05. The zero-order valence-corrected chi connectivity index (χ0v) is 12.1. The van der Waals surface area contributed by atoms with Gasteiger partial charge in [-0.3, -0.25) is 4.90 Å². The van der Waals surface area contributed by atoms with Gasteiger partial charge < -0.3 is 9.26 Å². The van der Waals surface area contributed by atoms with Crippen LogP contribution in [0.4, 0.5) is 0 Å². The van der Waals surface area contributed by atoms with E-state index in [1.165, 1.54) is 12.8 Å². The van der Waals surface area contributed by atoms with E-state index in [9.17, 15) is 0 Å². The molecule has 1 spiro atoms. The van der Waals surface area contributed by atoms with E-state index in [2.05, 4.69) is 16.1 Å². The summed E-state index contributed by atoms with van der Waals surface area (Å²) in [7, 11) is 0. The Kier molecular flexibility index (Phi) is 3.28. The van der Waals surface area contributed by atoms with Gasteiger partial charge >= 0.3 is 0 Å². The van der Waals surface area contributed by atoms with Gasteiger partial charge in [0.1, 0.15) is 0 Å². The predicted octanol–water partition coefficient (Wildman–Crippen LogP) is 2.95. The number of hydrogen-bond donors (Lipinski definition) is 0. The largest absolute Gasteiger partial charge is 0.379 e. The molecule has 1 aromatic carbocycles. The highest BCUT2D eigenvalue weighted by atomic mass is 16.5. The van der Waals surface area contributed by atoms with Crippen LogP contribution in [0.2, 0.25) is 0 Å². The molecule has 4 rings (SSSR count). The molecule has 0 unspecified atom stereocenters. The van der Waals surface area contributed by atoms with E-state index in [1.807, 2.05) is 30.3 Å². The second-order valence-corrected chi connectivity index (χ2v) is 6.31. The maximum Gasteiger partial charge on any atom is 0.167 e. The molecule has 2 aliphatic rings. The maximum atomic E-state index is 5.73. The average Bonchev–Trinajstić information content (AvgIpc) is 3.18. The third-order valence-corrected chi connectivity index (χ3v) is 4.48. The molecule has 4 heteroatoms. The summed E-state index contributed by atoms with van der Waals surface area (Å²) in [6.07, 6.45) is 2.61. The number of rotatable bonds is 3. The van der Waals surface area contributed by atoms with E-state index in [4.69, 9.17) is 9.26 Å². The van der Waals surface area contributed by atoms with Crippen molar-refractivity contribution >= 4 is 0 Å². The van der Waals surface area contributed by atoms with Gasteiger partial charge in [-0.1, -0.05) is 35.5 Å². The van der Waals surface area contributed by atoms with Crippen LogP contribution in [-0.4, -0.2) is 36.4 Å². The van der Waals surface area contributed by atoms with Crippen molar-refractivity contribution in [2.75, 3.05) is 26.3 Å². The summed E-state index contributed by atoms with van der Waals surface area (Å²) in [6.45, 7) is 4.71. The lowest BCUT2D eigenvalue weighted by atomic mass is 10.1. The fraction of sp³-hybridized carbons (Fsp3) is 0.471. The first kappa shape index (κ1) is 13.0. The highest BCUT2D eigenvalue weighted by molar-refractivity contribution is 5.56. The first-order valence-electron chi connectivity index (χ1n) is 7.64. The summed E-state index contributed by atoms with van der Waals surface area (Å²) in [5.41, 5.74) is 2.52. The minimum atomic E-state index is 0.433. The molecule has 2 fully saturated rings. The van der Waals surface area contributed by atoms with E-state index in [-0.39, 0.29) is 0 Å². The Hall–Kier alpha value is -1.65. The molecule has 1 saturated carbocycles. The van der Waals surface area contributed by atoms with Crippen LogP contribution in [0.3, 0.4) is 0 Å². The lowest BCUT2D eigenvalue weighted by molar-refractivity contribution is 0.115. The smallest absolute Gasteiger partial charge is 0.167 e. The number of aromatic nitrogens is 1. The van der Waals surface area contributed by atoms with E-state index < -0.39 is 0 Å². The van der Waals surface area contributed by atoms with Gasteiger partial charge in [-0.05, 0) is 12.8 Å². The zero-order valence-electron chi connectivity index (χ0n) is 12.1. The highest BCUT2D eigenvalue weighted by Crippen LogP contribution is 2.47. The number of nitrogens with zero attached hydrogens (tertiary/aromatic N) is 2. The molecule has 4 nitrogen and oxygen atoms in total.